The first-order valence-corrected chi connectivity index (χ1v) is 7.44. The maximum absolute atomic E-state index is 11.1. The minimum atomic E-state index is -0.349. The molecule has 1 aromatic heterocycles. The van der Waals surface area contributed by atoms with Crippen molar-refractivity contribution in [2.75, 3.05) is 6.61 Å². The van der Waals surface area contributed by atoms with Crippen LogP contribution in [-0.4, -0.2) is 27.2 Å². The van der Waals surface area contributed by atoms with Gasteiger partial charge < -0.3 is 10.4 Å². The molecule has 0 atom stereocenters. The van der Waals surface area contributed by atoms with Gasteiger partial charge in [-0.25, -0.2) is 0 Å². The monoisotopic (exact) mass is 293 g/mol. The summed E-state index contributed by atoms with van der Waals surface area (Å²) in [6.07, 6.45) is 6.85. The van der Waals surface area contributed by atoms with Crippen LogP contribution in [0.15, 0.2) is 6.20 Å². The minimum absolute atomic E-state index is 0.0972. The average Bonchev–Trinajstić information content (AvgIpc) is 2.47. The second-order valence-corrected chi connectivity index (χ2v) is 5.97. The number of aromatic nitrogens is 1. The number of aryl methyl sites for hydroxylation is 1. The third-order valence-corrected chi connectivity index (χ3v) is 4.50. The lowest BCUT2D eigenvalue weighted by Gasteiger charge is -2.36. The summed E-state index contributed by atoms with van der Waals surface area (Å²) in [5, 5.41) is 24.2. The molecule has 6 heteroatoms. The summed E-state index contributed by atoms with van der Waals surface area (Å²) in [7, 11) is 0. The van der Waals surface area contributed by atoms with Crippen molar-refractivity contribution >= 4 is 5.69 Å². The quantitative estimate of drug-likeness (QED) is 0.643. The second-order valence-electron chi connectivity index (χ2n) is 5.97. The van der Waals surface area contributed by atoms with E-state index in [0.717, 1.165) is 25.7 Å². The molecule has 6 nitrogen and oxygen atoms in total. The van der Waals surface area contributed by atoms with E-state index in [0.29, 0.717) is 23.4 Å². The highest BCUT2D eigenvalue weighted by Crippen LogP contribution is 2.29. The first-order valence-electron chi connectivity index (χ1n) is 7.44. The van der Waals surface area contributed by atoms with Crippen LogP contribution in [0.1, 0.15) is 48.9 Å². The van der Waals surface area contributed by atoms with Gasteiger partial charge in [0, 0.05) is 29.4 Å². The summed E-state index contributed by atoms with van der Waals surface area (Å²) in [6.45, 7) is 3.99. The zero-order chi connectivity index (χ0) is 15.5. The smallest absolute Gasteiger partial charge is 0.278 e. The van der Waals surface area contributed by atoms with Crippen molar-refractivity contribution in [1.82, 2.24) is 10.3 Å². The number of nitrogens with zero attached hydrogens (tertiary/aromatic N) is 2. The number of nitro groups is 1. The third kappa shape index (κ3) is 3.39. The van der Waals surface area contributed by atoms with Crippen molar-refractivity contribution in [1.29, 1.82) is 0 Å². The fraction of sp³-hybridized carbons (Fsp3) is 0.667. The second kappa shape index (κ2) is 6.49. The van der Waals surface area contributed by atoms with E-state index in [1.807, 2.05) is 0 Å². The zero-order valence-corrected chi connectivity index (χ0v) is 12.7. The molecule has 1 aromatic rings. The highest BCUT2D eigenvalue weighted by atomic mass is 16.6. The van der Waals surface area contributed by atoms with Crippen molar-refractivity contribution in [3.05, 3.63) is 33.1 Å². The van der Waals surface area contributed by atoms with Gasteiger partial charge in [-0.1, -0.05) is 19.3 Å². The van der Waals surface area contributed by atoms with Crippen molar-refractivity contribution in [3.8, 4) is 0 Å². The number of aliphatic hydroxyl groups is 1. The van der Waals surface area contributed by atoms with Crippen LogP contribution in [0, 0.1) is 24.0 Å². The first-order chi connectivity index (χ1) is 9.99. The molecule has 0 aromatic carbocycles. The van der Waals surface area contributed by atoms with Crippen molar-refractivity contribution in [3.63, 3.8) is 0 Å². The molecule has 0 unspecified atom stereocenters. The van der Waals surface area contributed by atoms with E-state index in [1.165, 1.54) is 6.42 Å². The number of rotatable bonds is 5. The van der Waals surface area contributed by atoms with Crippen molar-refractivity contribution < 1.29 is 10.0 Å². The van der Waals surface area contributed by atoms with Gasteiger partial charge in [-0.15, -0.1) is 0 Å². The Labute approximate surface area is 124 Å². The highest BCUT2D eigenvalue weighted by molar-refractivity contribution is 5.47. The SMILES string of the molecule is Cc1cnc(CNC2(CO)CCCCC2)c(C)c1[N+](=O)[O-]. The highest BCUT2D eigenvalue weighted by Gasteiger charge is 2.31. The molecule has 0 saturated heterocycles. The maximum atomic E-state index is 11.1. The molecule has 0 bridgehead atoms. The zero-order valence-electron chi connectivity index (χ0n) is 12.7. The molecule has 21 heavy (non-hydrogen) atoms. The Morgan fingerprint density at radius 3 is 2.62 bits per heavy atom. The predicted molar refractivity (Wildman–Crippen MR) is 80.1 cm³/mol. The Bertz CT molecular complexity index is 525. The molecule has 1 aliphatic rings. The van der Waals surface area contributed by atoms with Crippen LogP contribution in [0.5, 0.6) is 0 Å². The summed E-state index contributed by atoms with van der Waals surface area (Å²) >= 11 is 0. The van der Waals surface area contributed by atoms with Crippen LogP contribution in [0.2, 0.25) is 0 Å². The van der Waals surface area contributed by atoms with Crippen LogP contribution in [-0.2, 0) is 6.54 Å². The van der Waals surface area contributed by atoms with Gasteiger partial charge in [0.1, 0.15) is 0 Å². The minimum Gasteiger partial charge on any atom is -0.394 e. The molecule has 2 rings (SSSR count). The Hall–Kier alpha value is -1.53. The van der Waals surface area contributed by atoms with E-state index >= 15 is 0 Å². The Balaban J connectivity index is 2.16. The summed E-state index contributed by atoms with van der Waals surface area (Å²) in [5.74, 6) is 0. The summed E-state index contributed by atoms with van der Waals surface area (Å²) in [4.78, 5) is 15.1. The van der Waals surface area contributed by atoms with Gasteiger partial charge in [0.25, 0.3) is 5.69 Å². The number of pyridine rings is 1. The van der Waals surface area contributed by atoms with Gasteiger partial charge in [0.05, 0.1) is 17.2 Å². The number of hydrogen-bond acceptors (Lipinski definition) is 5. The number of aliphatic hydroxyl groups excluding tert-OH is 1. The number of hydrogen-bond donors (Lipinski definition) is 2. The van der Waals surface area contributed by atoms with E-state index in [4.69, 9.17) is 0 Å². The molecule has 0 radical (unpaired) electrons. The fourth-order valence-corrected chi connectivity index (χ4v) is 3.11. The van der Waals surface area contributed by atoms with Crippen LogP contribution in [0.4, 0.5) is 5.69 Å². The van der Waals surface area contributed by atoms with E-state index in [9.17, 15) is 15.2 Å². The Morgan fingerprint density at radius 2 is 2.05 bits per heavy atom. The van der Waals surface area contributed by atoms with E-state index < -0.39 is 0 Å². The van der Waals surface area contributed by atoms with Crippen LogP contribution in [0.25, 0.3) is 0 Å². The van der Waals surface area contributed by atoms with Crippen molar-refractivity contribution in [2.45, 2.75) is 58.0 Å². The molecular weight excluding hydrogens is 270 g/mol. The summed E-state index contributed by atoms with van der Waals surface area (Å²) in [6, 6.07) is 0. The molecule has 1 aliphatic carbocycles. The lowest BCUT2D eigenvalue weighted by atomic mass is 9.82. The van der Waals surface area contributed by atoms with Crippen LogP contribution in [0.3, 0.4) is 0 Å². The average molecular weight is 293 g/mol. The standard InChI is InChI=1S/C15H23N3O3/c1-11-8-16-13(12(2)14(11)18(20)21)9-17-15(10-19)6-4-3-5-7-15/h8,17,19H,3-7,9-10H2,1-2H3. The molecule has 116 valence electrons. The fourth-order valence-electron chi connectivity index (χ4n) is 3.11. The molecule has 0 aliphatic heterocycles. The molecule has 2 N–H and O–H groups in total. The molecule has 0 spiro atoms. The topological polar surface area (TPSA) is 88.3 Å². The first kappa shape index (κ1) is 15.9. The Morgan fingerprint density at radius 1 is 1.38 bits per heavy atom. The van der Waals surface area contributed by atoms with E-state index in [2.05, 4.69) is 10.3 Å². The lowest BCUT2D eigenvalue weighted by Crippen LogP contribution is -2.49. The van der Waals surface area contributed by atoms with Crippen LogP contribution < -0.4 is 5.32 Å². The van der Waals surface area contributed by atoms with Gasteiger partial charge in [-0.3, -0.25) is 15.1 Å². The Kier molecular flexibility index (Phi) is 4.90. The number of nitrogens with one attached hydrogen (secondary N) is 1. The van der Waals surface area contributed by atoms with Gasteiger partial charge in [-0.2, -0.15) is 0 Å². The molecule has 0 amide bonds. The molecule has 1 heterocycles. The maximum Gasteiger partial charge on any atom is 0.278 e. The lowest BCUT2D eigenvalue weighted by molar-refractivity contribution is -0.386. The van der Waals surface area contributed by atoms with Crippen molar-refractivity contribution in [2.24, 2.45) is 0 Å². The molecular formula is C15H23N3O3. The summed E-state index contributed by atoms with van der Waals surface area (Å²) < 4.78 is 0. The van der Waals surface area contributed by atoms with Gasteiger partial charge in [0.15, 0.2) is 0 Å². The van der Waals surface area contributed by atoms with E-state index in [1.54, 1.807) is 20.0 Å². The van der Waals surface area contributed by atoms with Gasteiger partial charge in [0.2, 0.25) is 0 Å². The largest absolute Gasteiger partial charge is 0.394 e. The third-order valence-electron chi connectivity index (χ3n) is 4.50. The van der Waals surface area contributed by atoms with Gasteiger partial charge >= 0.3 is 0 Å². The van der Waals surface area contributed by atoms with Gasteiger partial charge in [-0.05, 0) is 26.7 Å². The molecule has 1 saturated carbocycles. The van der Waals surface area contributed by atoms with Crippen LogP contribution >= 0.6 is 0 Å². The van der Waals surface area contributed by atoms with E-state index in [-0.39, 0.29) is 22.8 Å². The predicted octanol–water partition coefficient (Wildman–Crippen LogP) is 2.39. The summed E-state index contributed by atoms with van der Waals surface area (Å²) in [5.41, 5.74) is 1.76. The molecule has 1 fully saturated rings. The normalized spacial score (nSPS) is 17.7.